The average molecular weight is 295 g/mol. The Balaban J connectivity index is 1.77. The lowest BCUT2D eigenvalue weighted by molar-refractivity contribution is 0.797. The van der Waals surface area contributed by atoms with Crippen molar-refractivity contribution >= 4 is 5.96 Å². The van der Waals surface area contributed by atoms with E-state index in [1.165, 1.54) is 11.1 Å². The van der Waals surface area contributed by atoms with Crippen LogP contribution in [0.25, 0.3) is 0 Å². The molecule has 0 heterocycles. The molecule has 0 saturated carbocycles. The first-order chi connectivity index (χ1) is 10.9. The van der Waals surface area contributed by atoms with Crippen LogP contribution in [0.1, 0.15) is 18.1 Å². The third kappa shape index (κ3) is 6.00. The van der Waals surface area contributed by atoms with Crippen LogP contribution in [0.2, 0.25) is 0 Å². The van der Waals surface area contributed by atoms with Crippen molar-refractivity contribution in [2.45, 2.75) is 19.8 Å². The van der Waals surface area contributed by atoms with E-state index in [4.69, 9.17) is 0 Å². The van der Waals surface area contributed by atoms with Crippen molar-refractivity contribution in [1.29, 1.82) is 0 Å². The maximum absolute atomic E-state index is 4.63. The summed E-state index contributed by atoms with van der Waals surface area (Å²) in [5, 5.41) is 6.69. The Kier molecular flexibility index (Phi) is 7.03. The predicted octanol–water partition coefficient (Wildman–Crippen LogP) is 3.03. The number of aliphatic imine (C=N–C) groups is 1. The molecule has 2 aromatic carbocycles. The van der Waals surface area contributed by atoms with E-state index < -0.39 is 0 Å². The summed E-state index contributed by atoms with van der Waals surface area (Å²) in [6.45, 7) is 4.65. The van der Waals surface area contributed by atoms with E-state index in [-0.39, 0.29) is 0 Å². The highest BCUT2D eigenvalue weighted by molar-refractivity contribution is 5.79. The van der Waals surface area contributed by atoms with Gasteiger partial charge in [0.25, 0.3) is 0 Å². The molecule has 3 nitrogen and oxygen atoms in total. The van der Waals surface area contributed by atoms with Crippen LogP contribution in [0.5, 0.6) is 0 Å². The molecule has 0 aromatic heterocycles. The topological polar surface area (TPSA) is 36.4 Å². The van der Waals surface area contributed by atoms with Gasteiger partial charge in [-0.3, -0.25) is 4.99 Å². The van der Waals surface area contributed by atoms with Crippen molar-refractivity contribution in [2.75, 3.05) is 19.6 Å². The zero-order valence-electron chi connectivity index (χ0n) is 13.3. The van der Waals surface area contributed by atoms with Gasteiger partial charge in [0.2, 0.25) is 0 Å². The Morgan fingerprint density at radius 3 is 2.00 bits per heavy atom. The van der Waals surface area contributed by atoms with Crippen molar-refractivity contribution in [3.63, 3.8) is 0 Å². The molecule has 2 N–H and O–H groups in total. The third-order valence-electron chi connectivity index (χ3n) is 3.41. The van der Waals surface area contributed by atoms with Gasteiger partial charge in [-0.2, -0.15) is 0 Å². The normalized spacial score (nSPS) is 11.2. The fourth-order valence-corrected chi connectivity index (χ4v) is 2.25. The van der Waals surface area contributed by atoms with Gasteiger partial charge in [-0.05, 0) is 30.9 Å². The minimum Gasteiger partial charge on any atom is -0.357 e. The number of nitrogens with zero attached hydrogens (tertiary/aromatic N) is 1. The van der Waals surface area contributed by atoms with E-state index in [0.717, 1.165) is 38.4 Å². The van der Waals surface area contributed by atoms with Gasteiger partial charge in [-0.15, -0.1) is 0 Å². The Morgan fingerprint density at radius 2 is 1.41 bits per heavy atom. The van der Waals surface area contributed by atoms with Crippen molar-refractivity contribution < 1.29 is 0 Å². The summed E-state index contributed by atoms with van der Waals surface area (Å²) in [4.78, 5) is 4.63. The van der Waals surface area contributed by atoms with Crippen LogP contribution in [-0.4, -0.2) is 25.6 Å². The Morgan fingerprint density at radius 1 is 0.818 bits per heavy atom. The lowest BCUT2D eigenvalue weighted by Crippen LogP contribution is -2.38. The molecule has 0 radical (unpaired) electrons. The van der Waals surface area contributed by atoms with E-state index in [1.807, 2.05) is 12.1 Å². The molecular formula is C19H25N3. The van der Waals surface area contributed by atoms with Crippen molar-refractivity contribution in [2.24, 2.45) is 4.99 Å². The molecule has 0 atom stereocenters. The molecule has 0 aliphatic heterocycles. The van der Waals surface area contributed by atoms with E-state index >= 15 is 0 Å². The number of nitrogens with one attached hydrogen (secondary N) is 2. The Bertz CT molecular complexity index is 549. The molecule has 0 bridgehead atoms. The average Bonchev–Trinajstić information content (AvgIpc) is 2.57. The fourth-order valence-electron chi connectivity index (χ4n) is 2.25. The molecule has 0 fully saturated rings. The van der Waals surface area contributed by atoms with E-state index in [0.29, 0.717) is 0 Å². The first kappa shape index (κ1) is 16.1. The fraction of sp³-hybridized carbons (Fsp3) is 0.316. The second kappa shape index (κ2) is 9.61. The quantitative estimate of drug-likeness (QED) is 0.608. The minimum atomic E-state index is 0.796. The molecule has 0 aliphatic carbocycles. The van der Waals surface area contributed by atoms with Gasteiger partial charge < -0.3 is 10.6 Å². The molecular weight excluding hydrogens is 270 g/mol. The van der Waals surface area contributed by atoms with Crippen LogP contribution in [0.3, 0.4) is 0 Å². The second-order valence-corrected chi connectivity index (χ2v) is 5.16. The molecule has 0 spiro atoms. The summed E-state index contributed by atoms with van der Waals surface area (Å²) in [5.74, 6) is 0.898. The summed E-state index contributed by atoms with van der Waals surface area (Å²) < 4.78 is 0. The summed E-state index contributed by atoms with van der Waals surface area (Å²) in [5.41, 5.74) is 2.67. The molecule has 0 aliphatic rings. The molecule has 0 unspecified atom stereocenters. The second-order valence-electron chi connectivity index (χ2n) is 5.16. The summed E-state index contributed by atoms with van der Waals surface area (Å²) in [7, 11) is 0. The Labute approximate surface area is 133 Å². The van der Waals surface area contributed by atoms with Gasteiger partial charge in [-0.1, -0.05) is 60.7 Å². The highest BCUT2D eigenvalue weighted by atomic mass is 15.2. The third-order valence-corrected chi connectivity index (χ3v) is 3.41. The van der Waals surface area contributed by atoms with E-state index in [2.05, 4.69) is 71.1 Å². The highest BCUT2D eigenvalue weighted by Crippen LogP contribution is 2.00. The first-order valence-corrected chi connectivity index (χ1v) is 7.98. The molecule has 116 valence electrons. The van der Waals surface area contributed by atoms with Gasteiger partial charge in [-0.25, -0.2) is 0 Å². The lowest BCUT2D eigenvalue weighted by Gasteiger charge is -2.11. The summed E-state index contributed by atoms with van der Waals surface area (Å²) in [6.07, 6.45) is 1.97. The van der Waals surface area contributed by atoms with Gasteiger partial charge in [0.05, 0.1) is 0 Å². The van der Waals surface area contributed by atoms with Crippen molar-refractivity contribution in [3.05, 3.63) is 71.8 Å². The maximum Gasteiger partial charge on any atom is 0.191 e. The van der Waals surface area contributed by atoms with Gasteiger partial charge >= 0.3 is 0 Å². The minimum absolute atomic E-state index is 0.796. The molecule has 3 heteroatoms. The molecule has 2 aromatic rings. The molecule has 0 saturated heterocycles. The van der Waals surface area contributed by atoms with Crippen LogP contribution in [0.15, 0.2) is 65.7 Å². The van der Waals surface area contributed by atoms with Crippen LogP contribution in [-0.2, 0) is 12.8 Å². The Hall–Kier alpha value is -2.29. The van der Waals surface area contributed by atoms with Crippen LogP contribution < -0.4 is 10.6 Å². The number of rotatable bonds is 7. The largest absolute Gasteiger partial charge is 0.357 e. The predicted molar refractivity (Wildman–Crippen MR) is 94.3 cm³/mol. The number of benzene rings is 2. The SMILES string of the molecule is CCNC(=NCCc1ccccc1)NCCc1ccccc1. The van der Waals surface area contributed by atoms with Gasteiger partial charge in [0, 0.05) is 19.6 Å². The van der Waals surface area contributed by atoms with Crippen molar-refractivity contribution in [1.82, 2.24) is 10.6 Å². The molecule has 22 heavy (non-hydrogen) atoms. The molecule has 2 rings (SSSR count). The zero-order valence-corrected chi connectivity index (χ0v) is 13.3. The monoisotopic (exact) mass is 295 g/mol. The standard InChI is InChI=1S/C19H25N3/c1-2-20-19(21-15-13-17-9-5-3-6-10-17)22-16-14-18-11-7-4-8-12-18/h3-12H,2,13-16H2,1H3,(H2,20,21,22). The van der Waals surface area contributed by atoms with E-state index in [9.17, 15) is 0 Å². The van der Waals surface area contributed by atoms with Crippen molar-refractivity contribution in [3.8, 4) is 0 Å². The number of hydrogen-bond acceptors (Lipinski definition) is 1. The first-order valence-electron chi connectivity index (χ1n) is 7.98. The van der Waals surface area contributed by atoms with Gasteiger partial charge in [0.1, 0.15) is 0 Å². The summed E-state index contributed by atoms with van der Waals surface area (Å²) in [6, 6.07) is 21.0. The lowest BCUT2D eigenvalue weighted by atomic mass is 10.1. The molecule has 0 amide bonds. The zero-order chi connectivity index (χ0) is 15.5. The van der Waals surface area contributed by atoms with Crippen LogP contribution in [0.4, 0.5) is 0 Å². The number of guanidine groups is 1. The van der Waals surface area contributed by atoms with E-state index in [1.54, 1.807) is 0 Å². The van der Waals surface area contributed by atoms with Crippen LogP contribution >= 0.6 is 0 Å². The number of hydrogen-bond donors (Lipinski definition) is 2. The maximum atomic E-state index is 4.63. The smallest absolute Gasteiger partial charge is 0.191 e. The van der Waals surface area contributed by atoms with Gasteiger partial charge in [0.15, 0.2) is 5.96 Å². The summed E-state index contributed by atoms with van der Waals surface area (Å²) >= 11 is 0. The highest BCUT2D eigenvalue weighted by Gasteiger charge is 1.98. The van der Waals surface area contributed by atoms with Crippen LogP contribution in [0, 0.1) is 0 Å².